The molecular weight excluding hydrogens is 508 g/mol. The van der Waals surface area contributed by atoms with Crippen LogP contribution in [-0.2, 0) is 16.2 Å². The summed E-state index contributed by atoms with van der Waals surface area (Å²) in [5.74, 6) is -0.828. The third-order valence-corrected chi connectivity index (χ3v) is 6.83. The number of carbonyl (C=O) groups excluding carboxylic acids is 2. The summed E-state index contributed by atoms with van der Waals surface area (Å²) in [5, 5.41) is 21.7. The summed E-state index contributed by atoms with van der Waals surface area (Å²) in [6.07, 6.45) is 0.638. The van der Waals surface area contributed by atoms with Crippen molar-refractivity contribution in [1.29, 1.82) is 0 Å². The number of ketones is 1. The zero-order valence-electron chi connectivity index (χ0n) is 23.4. The highest BCUT2D eigenvalue weighted by Crippen LogP contribution is 2.42. The highest BCUT2D eigenvalue weighted by atomic mass is 16.5. The van der Waals surface area contributed by atoms with Crippen LogP contribution in [0.5, 0.6) is 17.2 Å². The van der Waals surface area contributed by atoms with Gasteiger partial charge in [0, 0.05) is 12.1 Å². The topological polar surface area (TPSA) is 99.5 Å². The number of phenolic OH excluding ortho intramolecular Hbond substituents is 1. The molecule has 3 aromatic rings. The van der Waals surface area contributed by atoms with E-state index in [-0.39, 0.29) is 22.8 Å². The second-order valence-corrected chi connectivity index (χ2v) is 10.1. The highest BCUT2D eigenvalue weighted by Gasteiger charge is 2.46. The molecule has 0 radical (unpaired) electrons. The first-order valence-corrected chi connectivity index (χ1v) is 13.4. The minimum Gasteiger partial charge on any atom is -0.507 e. The lowest BCUT2D eigenvalue weighted by Crippen LogP contribution is -2.32. The number of aryl methyl sites for hydroxylation is 1. The predicted molar refractivity (Wildman–Crippen MR) is 153 cm³/mol. The SMILES string of the molecule is CCOc1cc([C@@H]2C(=C(O)c3ccc(OCc4ccccc4)c(C)c3)C(=O)C(=O)N2CCCN(C)C)ccc1O. The molecule has 8 heteroatoms. The molecule has 4 rings (SSSR count). The van der Waals surface area contributed by atoms with Crippen molar-refractivity contribution >= 4 is 17.4 Å². The molecule has 3 aromatic carbocycles. The number of aromatic hydroxyl groups is 1. The van der Waals surface area contributed by atoms with Gasteiger partial charge in [-0.05, 0) is 87.9 Å². The van der Waals surface area contributed by atoms with Gasteiger partial charge in [-0.15, -0.1) is 0 Å². The van der Waals surface area contributed by atoms with Gasteiger partial charge < -0.3 is 29.5 Å². The molecule has 210 valence electrons. The van der Waals surface area contributed by atoms with Crippen LogP contribution in [0.3, 0.4) is 0 Å². The number of rotatable bonds is 11. The van der Waals surface area contributed by atoms with E-state index in [4.69, 9.17) is 9.47 Å². The van der Waals surface area contributed by atoms with Crippen LogP contribution >= 0.6 is 0 Å². The molecule has 40 heavy (non-hydrogen) atoms. The van der Waals surface area contributed by atoms with E-state index in [2.05, 4.69) is 0 Å². The number of likely N-dealkylation sites (tertiary alicyclic amines) is 1. The first-order valence-electron chi connectivity index (χ1n) is 13.4. The normalized spacial score (nSPS) is 16.5. The molecule has 2 N–H and O–H groups in total. The number of Topliss-reactive ketones (excluding diaryl/α,β-unsaturated/α-hetero) is 1. The summed E-state index contributed by atoms with van der Waals surface area (Å²) in [4.78, 5) is 30.1. The lowest BCUT2D eigenvalue weighted by molar-refractivity contribution is -0.139. The standard InChI is InChI=1S/C32H36N2O6/c1-5-39-27-19-23(12-14-25(27)35)29-28(31(37)32(38)34(29)17-9-16-33(3)4)30(36)24-13-15-26(21(2)18-24)40-20-22-10-7-6-8-11-22/h6-8,10-15,18-19,29,35-36H,5,9,16-17,20H2,1-4H3/t29-/m1/s1. The van der Waals surface area contributed by atoms with Gasteiger partial charge in [0.1, 0.15) is 18.1 Å². The van der Waals surface area contributed by atoms with Gasteiger partial charge in [0.05, 0.1) is 18.2 Å². The van der Waals surface area contributed by atoms with Gasteiger partial charge in [-0.25, -0.2) is 0 Å². The van der Waals surface area contributed by atoms with Crippen molar-refractivity contribution in [3.05, 3.63) is 94.6 Å². The van der Waals surface area contributed by atoms with Crippen molar-refractivity contribution < 1.29 is 29.3 Å². The fourth-order valence-electron chi connectivity index (χ4n) is 4.84. The number of hydrogen-bond donors (Lipinski definition) is 2. The van der Waals surface area contributed by atoms with Gasteiger partial charge in [0.15, 0.2) is 11.5 Å². The average molecular weight is 545 g/mol. The monoisotopic (exact) mass is 544 g/mol. The molecule has 0 unspecified atom stereocenters. The quantitative estimate of drug-likeness (QED) is 0.198. The van der Waals surface area contributed by atoms with Crippen LogP contribution in [0.25, 0.3) is 5.76 Å². The minimum absolute atomic E-state index is 0.000320. The van der Waals surface area contributed by atoms with Gasteiger partial charge in [0.25, 0.3) is 11.7 Å². The molecule has 0 aromatic heterocycles. The van der Waals surface area contributed by atoms with E-state index in [1.165, 1.54) is 11.0 Å². The summed E-state index contributed by atoms with van der Waals surface area (Å²) < 4.78 is 11.5. The Labute approximate surface area is 235 Å². The maximum atomic E-state index is 13.4. The Morgan fingerprint density at radius 2 is 1.73 bits per heavy atom. The summed E-state index contributed by atoms with van der Waals surface area (Å²) in [6.45, 7) is 5.43. The molecule has 1 aliphatic rings. The summed E-state index contributed by atoms with van der Waals surface area (Å²) in [7, 11) is 3.88. The zero-order chi connectivity index (χ0) is 28.8. The van der Waals surface area contributed by atoms with Crippen molar-refractivity contribution in [3.8, 4) is 17.2 Å². The van der Waals surface area contributed by atoms with Crippen molar-refractivity contribution in [1.82, 2.24) is 9.80 Å². The Morgan fingerprint density at radius 1 is 0.975 bits per heavy atom. The number of aliphatic hydroxyl groups excluding tert-OH is 1. The molecule has 0 spiro atoms. The van der Waals surface area contributed by atoms with Gasteiger partial charge in [-0.2, -0.15) is 0 Å². The largest absolute Gasteiger partial charge is 0.507 e. The molecule has 0 aliphatic carbocycles. The van der Waals surface area contributed by atoms with Crippen LogP contribution in [0.4, 0.5) is 0 Å². The first-order chi connectivity index (χ1) is 19.2. The zero-order valence-corrected chi connectivity index (χ0v) is 23.4. The lowest BCUT2D eigenvalue weighted by Gasteiger charge is -2.26. The molecule has 1 heterocycles. The Morgan fingerprint density at radius 3 is 2.40 bits per heavy atom. The van der Waals surface area contributed by atoms with Gasteiger partial charge in [-0.3, -0.25) is 9.59 Å². The van der Waals surface area contributed by atoms with Crippen molar-refractivity contribution in [2.45, 2.75) is 32.9 Å². The molecule has 1 aliphatic heterocycles. The lowest BCUT2D eigenvalue weighted by atomic mass is 9.94. The van der Waals surface area contributed by atoms with Crippen LogP contribution in [0.2, 0.25) is 0 Å². The first kappa shape index (κ1) is 28.7. The highest BCUT2D eigenvalue weighted by molar-refractivity contribution is 6.46. The summed E-state index contributed by atoms with van der Waals surface area (Å²) >= 11 is 0. The number of nitrogens with zero attached hydrogens (tertiary/aromatic N) is 2. The number of amides is 1. The van der Waals surface area contributed by atoms with E-state index in [0.717, 1.165) is 17.7 Å². The fourth-order valence-corrected chi connectivity index (χ4v) is 4.84. The van der Waals surface area contributed by atoms with Crippen LogP contribution in [-0.4, -0.2) is 65.5 Å². The van der Waals surface area contributed by atoms with E-state index in [1.54, 1.807) is 37.3 Å². The number of ether oxygens (including phenoxy) is 2. The Bertz CT molecular complexity index is 1400. The smallest absolute Gasteiger partial charge is 0.295 e. The Balaban J connectivity index is 1.72. The number of aliphatic hydroxyl groups is 1. The van der Waals surface area contributed by atoms with E-state index >= 15 is 0 Å². The van der Waals surface area contributed by atoms with E-state index < -0.39 is 17.7 Å². The minimum atomic E-state index is -0.837. The molecule has 8 nitrogen and oxygen atoms in total. The molecule has 1 amide bonds. The van der Waals surface area contributed by atoms with Gasteiger partial charge in [-0.1, -0.05) is 36.4 Å². The number of hydrogen-bond acceptors (Lipinski definition) is 7. The molecule has 1 saturated heterocycles. The Kier molecular flexibility index (Phi) is 9.11. The maximum Gasteiger partial charge on any atom is 0.295 e. The fraction of sp³-hybridized carbons (Fsp3) is 0.312. The molecule has 1 atom stereocenters. The third kappa shape index (κ3) is 6.29. The van der Waals surface area contributed by atoms with Gasteiger partial charge in [0.2, 0.25) is 0 Å². The number of phenols is 1. The maximum absolute atomic E-state index is 13.4. The molecule has 1 fully saturated rings. The van der Waals surface area contributed by atoms with Gasteiger partial charge >= 0.3 is 0 Å². The second-order valence-electron chi connectivity index (χ2n) is 10.1. The van der Waals surface area contributed by atoms with Crippen LogP contribution in [0.1, 0.15) is 41.6 Å². The molecular formula is C32H36N2O6. The number of benzene rings is 3. The van der Waals surface area contributed by atoms with Crippen molar-refractivity contribution in [3.63, 3.8) is 0 Å². The van der Waals surface area contributed by atoms with E-state index in [9.17, 15) is 19.8 Å². The number of carbonyl (C=O) groups is 2. The van der Waals surface area contributed by atoms with Crippen molar-refractivity contribution in [2.24, 2.45) is 0 Å². The van der Waals surface area contributed by atoms with Crippen LogP contribution in [0.15, 0.2) is 72.3 Å². The summed E-state index contributed by atoms with van der Waals surface area (Å²) in [6, 6.07) is 18.9. The van der Waals surface area contributed by atoms with E-state index in [0.29, 0.717) is 43.1 Å². The Hall–Kier alpha value is -4.30. The second kappa shape index (κ2) is 12.7. The third-order valence-electron chi connectivity index (χ3n) is 6.83. The van der Waals surface area contributed by atoms with Crippen LogP contribution < -0.4 is 9.47 Å². The van der Waals surface area contributed by atoms with Crippen molar-refractivity contribution in [2.75, 3.05) is 33.8 Å². The van der Waals surface area contributed by atoms with E-state index in [1.807, 2.05) is 56.3 Å². The molecule has 0 saturated carbocycles. The van der Waals surface area contributed by atoms with Crippen LogP contribution in [0, 0.1) is 6.92 Å². The summed E-state index contributed by atoms with van der Waals surface area (Å²) in [5.41, 5.74) is 2.78. The average Bonchev–Trinajstić information content (AvgIpc) is 3.18. The molecule has 0 bridgehead atoms. The predicted octanol–water partition coefficient (Wildman–Crippen LogP) is 5.05.